The molecule has 0 spiro atoms. The zero-order valence-electron chi connectivity index (χ0n) is 18.8. The number of methoxy groups -OCH3 is 1. The van der Waals surface area contributed by atoms with Crippen LogP contribution in [0, 0.1) is 11.7 Å². The molecule has 9 heteroatoms. The number of aromatic nitrogens is 2. The Balaban J connectivity index is 1.46. The standard InChI is InChI=1S/C25H25FN4O4/c1-33-22-8-7-20(26)15-21(22)30(23-9-12-27-17-28-23)24(31)19-10-13-29(14-11-19)25(32)34-16-18-5-3-2-4-6-18/h2-9,12,15,17,19H,10-11,13-14,16H2,1H3. The Bertz CT molecular complexity index is 1120. The number of anilines is 2. The minimum absolute atomic E-state index is 0.194. The summed E-state index contributed by atoms with van der Waals surface area (Å²) < 4.78 is 24.9. The van der Waals surface area contributed by atoms with Gasteiger partial charge in [0.15, 0.2) is 0 Å². The summed E-state index contributed by atoms with van der Waals surface area (Å²) in [6.07, 6.45) is 3.32. The van der Waals surface area contributed by atoms with E-state index in [2.05, 4.69) is 9.97 Å². The van der Waals surface area contributed by atoms with Crippen LogP contribution in [-0.4, -0.2) is 47.1 Å². The van der Waals surface area contributed by atoms with Crippen LogP contribution in [-0.2, 0) is 16.1 Å². The van der Waals surface area contributed by atoms with Gasteiger partial charge in [-0.1, -0.05) is 30.3 Å². The number of carbonyl (C=O) groups is 2. The van der Waals surface area contributed by atoms with Crippen molar-refractivity contribution in [2.24, 2.45) is 5.92 Å². The third-order valence-corrected chi connectivity index (χ3v) is 5.71. The second-order valence-electron chi connectivity index (χ2n) is 7.86. The molecule has 1 aliphatic rings. The number of likely N-dealkylation sites (tertiary alicyclic amines) is 1. The van der Waals surface area contributed by atoms with Crippen LogP contribution in [0.15, 0.2) is 67.1 Å². The maximum Gasteiger partial charge on any atom is 0.410 e. The van der Waals surface area contributed by atoms with Crippen molar-refractivity contribution in [3.8, 4) is 5.75 Å². The van der Waals surface area contributed by atoms with E-state index in [-0.39, 0.29) is 24.1 Å². The van der Waals surface area contributed by atoms with Crippen LogP contribution >= 0.6 is 0 Å². The highest BCUT2D eigenvalue weighted by Crippen LogP contribution is 2.36. The second kappa shape index (κ2) is 10.7. The Morgan fingerprint density at radius 2 is 1.88 bits per heavy atom. The Labute approximate surface area is 196 Å². The van der Waals surface area contributed by atoms with Crippen LogP contribution in [0.1, 0.15) is 18.4 Å². The smallest absolute Gasteiger partial charge is 0.410 e. The van der Waals surface area contributed by atoms with Gasteiger partial charge in [0.2, 0.25) is 5.91 Å². The number of carbonyl (C=O) groups excluding carboxylic acids is 2. The molecule has 4 rings (SSSR count). The summed E-state index contributed by atoms with van der Waals surface area (Å²) in [5.41, 5.74) is 1.17. The maximum absolute atomic E-state index is 14.1. The lowest BCUT2D eigenvalue weighted by Gasteiger charge is -2.33. The molecule has 3 aromatic rings. The van der Waals surface area contributed by atoms with Crippen molar-refractivity contribution in [2.75, 3.05) is 25.1 Å². The maximum atomic E-state index is 14.1. The molecule has 1 aromatic heterocycles. The van der Waals surface area contributed by atoms with Crippen molar-refractivity contribution < 1.29 is 23.5 Å². The molecular formula is C25H25FN4O4. The molecule has 34 heavy (non-hydrogen) atoms. The van der Waals surface area contributed by atoms with Gasteiger partial charge in [0, 0.05) is 31.3 Å². The number of hydrogen-bond donors (Lipinski definition) is 0. The molecule has 8 nitrogen and oxygen atoms in total. The third kappa shape index (κ3) is 5.31. The van der Waals surface area contributed by atoms with Gasteiger partial charge in [0.25, 0.3) is 0 Å². The highest BCUT2D eigenvalue weighted by molar-refractivity contribution is 6.02. The molecule has 1 fully saturated rings. The van der Waals surface area contributed by atoms with Crippen LogP contribution in [0.5, 0.6) is 5.75 Å². The first-order valence-electron chi connectivity index (χ1n) is 11.0. The minimum Gasteiger partial charge on any atom is -0.495 e. The summed E-state index contributed by atoms with van der Waals surface area (Å²) in [5.74, 6) is -0.483. The first-order chi connectivity index (χ1) is 16.6. The molecule has 0 N–H and O–H groups in total. The number of ether oxygens (including phenoxy) is 2. The highest BCUT2D eigenvalue weighted by Gasteiger charge is 2.34. The Hall–Kier alpha value is -4.01. The van der Waals surface area contributed by atoms with Crippen molar-refractivity contribution in [3.05, 3.63) is 78.5 Å². The van der Waals surface area contributed by atoms with E-state index in [1.54, 1.807) is 11.0 Å². The number of nitrogens with zero attached hydrogens (tertiary/aromatic N) is 4. The topological polar surface area (TPSA) is 84.9 Å². The summed E-state index contributed by atoms with van der Waals surface area (Å²) in [6, 6.07) is 15.0. The van der Waals surface area contributed by atoms with Crippen molar-refractivity contribution in [1.82, 2.24) is 14.9 Å². The first-order valence-corrected chi connectivity index (χ1v) is 11.0. The lowest BCUT2D eigenvalue weighted by Crippen LogP contribution is -2.43. The van der Waals surface area contributed by atoms with E-state index in [0.717, 1.165) is 5.56 Å². The predicted molar refractivity (Wildman–Crippen MR) is 123 cm³/mol. The van der Waals surface area contributed by atoms with E-state index < -0.39 is 11.9 Å². The first kappa shape index (κ1) is 23.2. The molecule has 0 atom stereocenters. The number of halogens is 1. The average Bonchev–Trinajstić information content (AvgIpc) is 2.89. The minimum atomic E-state index is -0.501. The Morgan fingerprint density at radius 3 is 2.56 bits per heavy atom. The molecule has 0 aliphatic carbocycles. The molecule has 2 heterocycles. The second-order valence-corrected chi connectivity index (χ2v) is 7.86. The summed E-state index contributed by atoms with van der Waals surface area (Å²) in [7, 11) is 1.46. The molecule has 2 amide bonds. The SMILES string of the molecule is COc1ccc(F)cc1N(C(=O)C1CCN(C(=O)OCc2ccccc2)CC1)c1ccncn1. The van der Waals surface area contributed by atoms with Crippen LogP contribution < -0.4 is 9.64 Å². The zero-order chi connectivity index (χ0) is 23.9. The van der Waals surface area contributed by atoms with Crippen LogP contribution in [0.25, 0.3) is 0 Å². The summed E-state index contributed by atoms with van der Waals surface area (Å²) in [6.45, 7) is 0.948. The third-order valence-electron chi connectivity index (χ3n) is 5.71. The van der Waals surface area contributed by atoms with E-state index in [0.29, 0.717) is 37.5 Å². The van der Waals surface area contributed by atoms with E-state index >= 15 is 0 Å². The monoisotopic (exact) mass is 464 g/mol. The van der Waals surface area contributed by atoms with Gasteiger partial charge in [-0.3, -0.25) is 9.69 Å². The molecule has 0 radical (unpaired) electrons. The molecule has 176 valence electrons. The van der Waals surface area contributed by atoms with Crippen LogP contribution in [0.2, 0.25) is 0 Å². The normalized spacial score (nSPS) is 13.9. The number of hydrogen-bond acceptors (Lipinski definition) is 6. The lowest BCUT2D eigenvalue weighted by atomic mass is 9.95. The van der Waals surface area contributed by atoms with E-state index in [9.17, 15) is 14.0 Å². The zero-order valence-corrected chi connectivity index (χ0v) is 18.8. The lowest BCUT2D eigenvalue weighted by molar-refractivity contribution is -0.123. The van der Waals surface area contributed by atoms with Gasteiger partial charge in [-0.05, 0) is 36.6 Å². The average molecular weight is 464 g/mol. The summed E-state index contributed by atoms with van der Waals surface area (Å²) >= 11 is 0. The molecular weight excluding hydrogens is 439 g/mol. The van der Waals surface area contributed by atoms with Crippen molar-refractivity contribution in [2.45, 2.75) is 19.4 Å². The van der Waals surface area contributed by atoms with Gasteiger partial charge in [-0.2, -0.15) is 0 Å². The van der Waals surface area contributed by atoms with Crippen LogP contribution in [0.3, 0.4) is 0 Å². The van der Waals surface area contributed by atoms with Crippen molar-refractivity contribution >= 4 is 23.5 Å². The number of piperidine rings is 1. The Kier molecular flexibility index (Phi) is 7.31. The fourth-order valence-electron chi connectivity index (χ4n) is 3.91. The fourth-order valence-corrected chi connectivity index (χ4v) is 3.91. The molecule has 1 aliphatic heterocycles. The molecule has 0 unspecified atom stereocenters. The highest BCUT2D eigenvalue weighted by atomic mass is 19.1. The van der Waals surface area contributed by atoms with Gasteiger partial charge in [0.05, 0.1) is 12.8 Å². The molecule has 1 saturated heterocycles. The number of amides is 2. The van der Waals surface area contributed by atoms with Crippen molar-refractivity contribution in [1.29, 1.82) is 0 Å². The summed E-state index contributed by atoms with van der Waals surface area (Å²) in [5, 5.41) is 0. The van der Waals surface area contributed by atoms with Gasteiger partial charge in [0.1, 0.15) is 30.3 Å². The Morgan fingerprint density at radius 1 is 1.12 bits per heavy atom. The van der Waals surface area contributed by atoms with Gasteiger partial charge < -0.3 is 14.4 Å². The fraction of sp³-hybridized carbons (Fsp3) is 0.280. The van der Waals surface area contributed by atoms with E-state index in [1.807, 2.05) is 30.3 Å². The quantitative estimate of drug-likeness (QED) is 0.540. The molecule has 2 aromatic carbocycles. The largest absolute Gasteiger partial charge is 0.495 e. The van der Waals surface area contributed by atoms with Crippen molar-refractivity contribution in [3.63, 3.8) is 0 Å². The van der Waals surface area contributed by atoms with E-state index in [4.69, 9.17) is 9.47 Å². The van der Waals surface area contributed by atoms with Gasteiger partial charge >= 0.3 is 6.09 Å². The van der Waals surface area contributed by atoms with Gasteiger partial charge in [-0.25, -0.2) is 19.2 Å². The molecule has 0 bridgehead atoms. The number of benzene rings is 2. The molecule has 0 saturated carbocycles. The van der Waals surface area contributed by atoms with Gasteiger partial charge in [-0.15, -0.1) is 0 Å². The van der Waals surface area contributed by atoms with E-state index in [1.165, 1.54) is 42.7 Å². The van der Waals surface area contributed by atoms with Crippen LogP contribution in [0.4, 0.5) is 20.7 Å². The number of rotatable bonds is 6. The predicted octanol–water partition coefficient (Wildman–Crippen LogP) is 4.34. The summed E-state index contributed by atoms with van der Waals surface area (Å²) in [4.78, 5) is 37.2.